The molecular formula is C22H22O3SSe. The molecule has 0 aromatic heterocycles. The Morgan fingerprint density at radius 1 is 0.778 bits per heavy atom. The Hall–Kier alpha value is -1.91. The van der Waals surface area contributed by atoms with Crippen LogP contribution in [0.5, 0.6) is 0 Å². The zero-order valence-electron chi connectivity index (χ0n) is 14.8. The van der Waals surface area contributed by atoms with Gasteiger partial charge in [-0.2, -0.15) is 0 Å². The van der Waals surface area contributed by atoms with Crippen molar-refractivity contribution in [3.8, 4) is 0 Å². The summed E-state index contributed by atoms with van der Waals surface area (Å²) in [6, 6.07) is 28.3. The van der Waals surface area contributed by atoms with Gasteiger partial charge in [-0.3, -0.25) is 0 Å². The molecule has 0 saturated heterocycles. The van der Waals surface area contributed by atoms with E-state index in [0.717, 1.165) is 10.0 Å². The quantitative estimate of drug-likeness (QED) is 0.543. The normalized spacial score (nSPS) is 13.8. The molecule has 1 unspecified atom stereocenters. The average molecular weight is 445 g/mol. The number of aliphatic hydroxyl groups is 1. The summed E-state index contributed by atoms with van der Waals surface area (Å²) in [5.41, 5.74) is 1.11. The van der Waals surface area contributed by atoms with Gasteiger partial charge in [-0.05, 0) is 0 Å². The van der Waals surface area contributed by atoms with E-state index in [1.807, 2.05) is 60.7 Å². The molecule has 3 aromatic rings. The summed E-state index contributed by atoms with van der Waals surface area (Å²) in [6.45, 7) is 0. The van der Waals surface area contributed by atoms with Crippen molar-refractivity contribution in [3.05, 3.63) is 96.6 Å². The number of sulfone groups is 1. The second-order valence-electron chi connectivity index (χ2n) is 6.32. The Labute approximate surface area is 167 Å². The topological polar surface area (TPSA) is 54.4 Å². The second-order valence-corrected chi connectivity index (χ2v) is 11.1. The van der Waals surface area contributed by atoms with Crippen LogP contribution in [0.3, 0.4) is 0 Å². The summed E-state index contributed by atoms with van der Waals surface area (Å²) in [5.74, 6) is -0.261. The van der Waals surface area contributed by atoms with E-state index in [1.54, 1.807) is 30.3 Å². The van der Waals surface area contributed by atoms with E-state index >= 15 is 0 Å². The minimum atomic E-state index is -3.53. The van der Waals surface area contributed by atoms with Gasteiger partial charge in [0.25, 0.3) is 0 Å². The van der Waals surface area contributed by atoms with E-state index in [0.29, 0.717) is 6.42 Å². The molecule has 0 spiro atoms. The van der Waals surface area contributed by atoms with E-state index in [9.17, 15) is 13.5 Å². The molecule has 2 atom stereocenters. The van der Waals surface area contributed by atoms with Gasteiger partial charge < -0.3 is 0 Å². The van der Waals surface area contributed by atoms with Gasteiger partial charge in [0.1, 0.15) is 0 Å². The summed E-state index contributed by atoms with van der Waals surface area (Å²) in [5, 5.41) is 10.9. The van der Waals surface area contributed by atoms with Crippen LogP contribution in [0.1, 0.15) is 5.56 Å². The molecule has 0 heterocycles. The monoisotopic (exact) mass is 446 g/mol. The van der Waals surface area contributed by atoms with Gasteiger partial charge >= 0.3 is 167 Å². The van der Waals surface area contributed by atoms with Gasteiger partial charge in [-0.1, -0.05) is 0 Å². The Kier molecular flexibility index (Phi) is 6.86. The maximum absolute atomic E-state index is 12.7. The Morgan fingerprint density at radius 2 is 1.30 bits per heavy atom. The molecule has 0 aliphatic heterocycles. The summed E-state index contributed by atoms with van der Waals surface area (Å²) in [7, 11) is -3.53. The van der Waals surface area contributed by atoms with Crippen LogP contribution in [0.25, 0.3) is 0 Å². The maximum atomic E-state index is 12.7. The summed E-state index contributed by atoms with van der Waals surface area (Å²) in [4.78, 5) is 0.135. The zero-order valence-corrected chi connectivity index (χ0v) is 17.3. The fourth-order valence-electron chi connectivity index (χ4n) is 2.83. The van der Waals surface area contributed by atoms with Gasteiger partial charge in [0, 0.05) is 0 Å². The molecule has 0 amide bonds. The molecule has 5 heteroatoms. The van der Waals surface area contributed by atoms with Crippen LogP contribution in [0, 0.1) is 0 Å². The van der Waals surface area contributed by atoms with Crippen molar-refractivity contribution in [3.63, 3.8) is 0 Å². The van der Waals surface area contributed by atoms with Crippen LogP contribution in [0.4, 0.5) is 0 Å². The fraction of sp³-hybridized carbons (Fsp3) is 0.182. The van der Waals surface area contributed by atoms with Gasteiger partial charge in [-0.15, -0.1) is 0 Å². The molecule has 3 aromatic carbocycles. The molecule has 27 heavy (non-hydrogen) atoms. The molecule has 0 radical (unpaired) electrons. The molecule has 0 bridgehead atoms. The first-order valence-corrected chi connectivity index (χ1v) is 12.3. The summed E-state index contributed by atoms with van der Waals surface area (Å²) >= 11 is -0.0390. The number of benzene rings is 3. The number of hydrogen-bond acceptors (Lipinski definition) is 3. The molecule has 3 rings (SSSR count). The van der Waals surface area contributed by atoms with Crippen LogP contribution < -0.4 is 4.46 Å². The van der Waals surface area contributed by atoms with Crippen LogP contribution in [-0.4, -0.2) is 40.3 Å². The van der Waals surface area contributed by atoms with Crippen molar-refractivity contribution in [2.75, 3.05) is 5.75 Å². The second kappa shape index (κ2) is 9.34. The number of rotatable bonds is 8. The van der Waals surface area contributed by atoms with E-state index in [2.05, 4.69) is 0 Å². The van der Waals surface area contributed by atoms with Crippen molar-refractivity contribution in [2.45, 2.75) is 22.2 Å². The van der Waals surface area contributed by atoms with Crippen LogP contribution in [-0.2, 0) is 16.3 Å². The summed E-state index contributed by atoms with van der Waals surface area (Å²) < 4.78 is 26.6. The number of aliphatic hydroxyl groups excluding tert-OH is 1. The van der Waals surface area contributed by atoms with E-state index in [4.69, 9.17) is 0 Å². The third-order valence-corrected chi connectivity index (χ3v) is 8.79. The molecule has 3 nitrogen and oxygen atoms in total. The van der Waals surface area contributed by atoms with Gasteiger partial charge in [0.15, 0.2) is 0 Å². The minimum absolute atomic E-state index is 0.0390. The van der Waals surface area contributed by atoms with Crippen LogP contribution in [0.15, 0.2) is 95.9 Å². The Bertz CT molecular complexity index is 888. The SMILES string of the molecule is O=S(=O)(CC(O)[C@H](Cc1ccccc1)[Se]c1ccccc1)c1ccccc1. The molecule has 0 fully saturated rings. The van der Waals surface area contributed by atoms with Gasteiger partial charge in [-0.25, -0.2) is 0 Å². The zero-order chi connectivity index (χ0) is 19.1. The average Bonchev–Trinajstić information content (AvgIpc) is 2.69. The molecule has 1 N–H and O–H groups in total. The fourth-order valence-corrected chi connectivity index (χ4v) is 7.06. The van der Waals surface area contributed by atoms with E-state index in [1.165, 1.54) is 0 Å². The number of hydrogen-bond donors (Lipinski definition) is 1. The van der Waals surface area contributed by atoms with Crippen LogP contribution >= 0.6 is 0 Å². The van der Waals surface area contributed by atoms with Crippen molar-refractivity contribution in [2.24, 2.45) is 0 Å². The Morgan fingerprint density at radius 3 is 1.89 bits per heavy atom. The van der Waals surface area contributed by atoms with Gasteiger partial charge in [0.2, 0.25) is 0 Å². The van der Waals surface area contributed by atoms with Crippen molar-refractivity contribution >= 4 is 29.3 Å². The third kappa shape index (κ3) is 5.78. The Balaban J connectivity index is 1.80. The predicted molar refractivity (Wildman–Crippen MR) is 110 cm³/mol. The van der Waals surface area contributed by atoms with Crippen LogP contribution in [0.2, 0.25) is 4.82 Å². The molecule has 0 aliphatic carbocycles. The van der Waals surface area contributed by atoms with Crippen molar-refractivity contribution < 1.29 is 13.5 Å². The summed E-state index contributed by atoms with van der Waals surface area (Å²) in [6.07, 6.45) is -0.267. The third-order valence-electron chi connectivity index (χ3n) is 4.23. The first-order chi connectivity index (χ1) is 13.0. The first-order valence-electron chi connectivity index (χ1n) is 8.76. The van der Waals surface area contributed by atoms with E-state index < -0.39 is 15.9 Å². The molecule has 0 aliphatic rings. The van der Waals surface area contributed by atoms with E-state index in [-0.39, 0.29) is 30.4 Å². The van der Waals surface area contributed by atoms with Crippen molar-refractivity contribution in [1.29, 1.82) is 0 Å². The predicted octanol–water partition coefficient (Wildman–Crippen LogP) is 2.88. The molecular weight excluding hydrogens is 423 g/mol. The van der Waals surface area contributed by atoms with Crippen molar-refractivity contribution in [1.82, 2.24) is 0 Å². The standard InChI is InChI=1S/C22H22O3SSe/c23-21(17-26(24,25)19-12-6-2-7-13-19)22(16-18-10-4-1-5-11-18)27-20-14-8-3-9-15-20/h1-15,21-23H,16-17H2/t21?,22-/m0/s1. The molecule has 0 saturated carbocycles. The molecule has 140 valence electrons. The first kappa shape index (κ1) is 19.8. The van der Waals surface area contributed by atoms with Gasteiger partial charge in [0.05, 0.1) is 0 Å².